The lowest BCUT2D eigenvalue weighted by atomic mass is 9.87. The number of aromatic nitrogens is 2. The lowest BCUT2D eigenvalue weighted by Gasteiger charge is -2.24. The van der Waals surface area contributed by atoms with Crippen LogP contribution in [0.1, 0.15) is 63.9 Å². The van der Waals surface area contributed by atoms with Crippen LogP contribution < -0.4 is 5.56 Å². The second-order valence-electron chi connectivity index (χ2n) is 7.15. The van der Waals surface area contributed by atoms with E-state index < -0.39 is 0 Å². The maximum absolute atomic E-state index is 12.1. The Morgan fingerprint density at radius 3 is 2.53 bits per heavy atom. The fourth-order valence-electron chi connectivity index (χ4n) is 3.73. The molecule has 4 heteroatoms. The first-order valence-electron chi connectivity index (χ1n) is 7.16. The molecule has 104 valence electrons. The number of nitrogens with zero attached hydrogens (tertiary/aromatic N) is 1. The SMILES string of the molecule is CC(C)(C)c1nc(C2CC3CCC2C3)[nH]c(=O)c1Br. The molecule has 1 N–H and O–H groups in total. The number of aromatic amines is 1. The summed E-state index contributed by atoms with van der Waals surface area (Å²) >= 11 is 3.39. The minimum atomic E-state index is -0.112. The van der Waals surface area contributed by atoms with E-state index in [1.165, 1.54) is 25.7 Å². The molecular formula is C15H21BrN2O. The van der Waals surface area contributed by atoms with Gasteiger partial charge in [0.15, 0.2) is 0 Å². The number of halogens is 1. The van der Waals surface area contributed by atoms with E-state index in [1.54, 1.807) is 0 Å². The van der Waals surface area contributed by atoms with Gasteiger partial charge in [-0.1, -0.05) is 27.2 Å². The summed E-state index contributed by atoms with van der Waals surface area (Å²) in [5.74, 6) is 3.00. The molecule has 1 aromatic heterocycles. The number of nitrogens with one attached hydrogen (secondary N) is 1. The molecule has 3 nitrogen and oxygen atoms in total. The van der Waals surface area contributed by atoms with Crippen molar-refractivity contribution in [3.8, 4) is 0 Å². The molecule has 1 heterocycles. The minimum Gasteiger partial charge on any atom is -0.309 e. The summed E-state index contributed by atoms with van der Waals surface area (Å²) < 4.78 is 0.590. The molecule has 0 radical (unpaired) electrons. The van der Waals surface area contributed by atoms with E-state index in [9.17, 15) is 4.79 Å². The molecule has 1 aromatic rings. The van der Waals surface area contributed by atoms with Gasteiger partial charge < -0.3 is 4.98 Å². The number of hydrogen-bond donors (Lipinski definition) is 1. The van der Waals surface area contributed by atoms with Crippen LogP contribution in [0.25, 0.3) is 0 Å². The highest BCUT2D eigenvalue weighted by Crippen LogP contribution is 2.52. The summed E-state index contributed by atoms with van der Waals surface area (Å²) in [6.45, 7) is 6.30. The van der Waals surface area contributed by atoms with E-state index in [2.05, 4.69) is 41.7 Å². The van der Waals surface area contributed by atoms with Crippen LogP contribution in [0.3, 0.4) is 0 Å². The fourth-order valence-corrected chi connectivity index (χ4v) is 4.51. The first-order chi connectivity index (χ1) is 8.86. The molecule has 3 atom stereocenters. The van der Waals surface area contributed by atoms with Gasteiger partial charge in [-0.2, -0.15) is 0 Å². The summed E-state index contributed by atoms with van der Waals surface area (Å²) in [5.41, 5.74) is 0.742. The molecule has 19 heavy (non-hydrogen) atoms. The van der Waals surface area contributed by atoms with Crippen molar-refractivity contribution in [3.05, 3.63) is 26.3 Å². The zero-order valence-electron chi connectivity index (χ0n) is 11.8. The Labute approximate surface area is 122 Å². The highest BCUT2D eigenvalue weighted by molar-refractivity contribution is 9.10. The van der Waals surface area contributed by atoms with Crippen LogP contribution in [0.5, 0.6) is 0 Å². The zero-order valence-corrected chi connectivity index (χ0v) is 13.4. The van der Waals surface area contributed by atoms with Gasteiger partial charge in [0.05, 0.1) is 5.69 Å². The van der Waals surface area contributed by atoms with E-state index in [0.717, 1.165) is 23.4 Å². The van der Waals surface area contributed by atoms with Crippen molar-refractivity contribution in [1.82, 2.24) is 9.97 Å². The third-order valence-corrected chi connectivity index (χ3v) is 5.42. The Morgan fingerprint density at radius 1 is 1.26 bits per heavy atom. The molecule has 2 fully saturated rings. The maximum Gasteiger partial charge on any atom is 0.265 e. The maximum atomic E-state index is 12.1. The normalized spacial score (nSPS) is 30.0. The van der Waals surface area contributed by atoms with Crippen LogP contribution in [0, 0.1) is 11.8 Å². The molecule has 0 aliphatic heterocycles. The minimum absolute atomic E-state index is 0.0299. The summed E-state index contributed by atoms with van der Waals surface area (Å²) in [4.78, 5) is 19.9. The Bertz CT molecular complexity index is 558. The highest BCUT2D eigenvalue weighted by atomic mass is 79.9. The van der Waals surface area contributed by atoms with E-state index in [1.807, 2.05) is 0 Å². The van der Waals surface area contributed by atoms with Crippen molar-refractivity contribution in [1.29, 1.82) is 0 Å². The van der Waals surface area contributed by atoms with Gasteiger partial charge in [0.1, 0.15) is 10.3 Å². The average molecular weight is 325 g/mol. The van der Waals surface area contributed by atoms with Gasteiger partial charge in [0.2, 0.25) is 0 Å². The first kappa shape index (κ1) is 13.3. The van der Waals surface area contributed by atoms with Gasteiger partial charge in [0, 0.05) is 11.3 Å². The Kier molecular flexibility index (Phi) is 3.12. The third kappa shape index (κ3) is 2.28. The summed E-state index contributed by atoms with van der Waals surface area (Å²) in [5, 5.41) is 0. The monoisotopic (exact) mass is 324 g/mol. The van der Waals surface area contributed by atoms with Crippen LogP contribution in [0.15, 0.2) is 9.27 Å². The molecule has 0 saturated heterocycles. The van der Waals surface area contributed by atoms with E-state index >= 15 is 0 Å². The van der Waals surface area contributed by atoms with Crippen molar-refractivity contribution in [2.45, 2.75) is 57.8 Å². The van der Waals surface area contributed by atoms with Gasteiger partial charge in [0.25, 0.3) is 5.56 Å². The van der Waals surface area contributed by atoms with Gasteiger partial charge >= 0.3 is 0 Å². The van der Waals surface area contributed by atoms with Gasteiger partial charge in [-0.3, -0.25) is 4.79 Å². The van der Waals surface area contributed by atoms with E-state index in [0.29, 0.717) is 10.4 Å². The highest BCUT2D eigenvalue weighted by Gasteiger charge is 2.41. The summed E-state index contributed by atoms with van der Waals surface area (Å²) in [6, 6.07) is 0. The largest absolute Gasteiger partial charge is 0.309 e. The molecule has 2 aliphatic rings. The number of fused-ring (bicyclic) bond motifs is 2. The van der Waals surface area contributed by atoms with Crippen LogP contribution in [0.4, 0.5) is 0 Å². The number of H-pyrrole nitrogens is 1. The Hall–Kier alpha value is -0.640. The zero-order chi connectivity index (χ0) is 13.8. The van der Waals surface area contributed by atoms with Crippen molar-refractivity contribution < 1.29 is 0 Å². The standard InChI is InChI=1S/C15H21BrN2O/c1-15(2,3)12-11(16)14(19)18-13(17-12)10-7-8-4-5-9(10)6-8/h8-10H,4-7H2,1-3H3,(H,17,18,19). The molecule has 2 aliphatic carbocycles. The molecular weight excluding hydrogens is 304 g/mol. The molecule has 2 saturated carbocycles. The number of rotatable bonds is 1. The van der Waals surface area contributed by atoms with Crippen LogP contribution in [-0.4, -0.2) is 9.97 Å². The summed E-state index contributed by atoms with van der Waals surface area (Å²) in [7, 11) is 0. The summed E-state index contributed by atoms with van der Waals surface area (Å²) in [6.07, 6.45) is 5.21. The Balaban J connectivity index is 2.04. The topological polar surface area (TPSA) is 45.8 Å². The van der Waals surface area contributed by atoms with Gasteiger partial charge in [-0.25, -0.2) is 4.98 Å². The van der Waals surface area contributed by atoms with Crippen molar-refractivity contribution in [2.75, 3.05) is 0 Å². The van der Waals surface area contributed by atoms with Crippen LogP contribution in [-0.2, 0) is 5.41 Å². The molecule has 3 unspecified atom stereocenters. The van der Waals surface area contributed by atoms with Gasteiger partial charge in [-0.15, -0.1) is 0 Å². The van der Waals surface area contributed by atoms with E-state index in [-0.39, 0.29) is 11.0 Å². The third-order valence-electron chi connectivity index (χ3n) is 4.68. The molecule has 0 amide bonds. The molecule has 2 bridgehead atoms. The van der Waals surface area contributed by atoms with Crippen molar-refractivity contribution in [3.63, 3.8) is 0 Å². The second kappa shape index (κ2) is 4.44. The molecule has 3 rings (SSSR count). The fraction of sp³-hybridized carbons (Fsp3) is 0.733. The number of hydrogen-bond acceptors (Lipinski definition) is 2. The predicted molar refractivity (Wildman–Crippen MR) is 79.4 cm³/mol. The van der Waals surface area contributed by atoms with Crippen LogP contribution in [0.2, 0.25) is 0 Å². The Morgan fingerprint density at radius 2 is 2.00 bits per heavy atom. The lowest BCUT2D eigenvalue weighted by molar-refractivity contribution is 0.400. The quantitative estimate of drug-likeness (QED) is 0.855. The first-order valence-corrected chi connectivity index (χ1v) is 7.95. The van der Waals surface area contributed by atoms with Crippen molar-refractivity contribution in [2.24, 2.45) is 11.8 Å². The van der Waals surface area contributed by atoms with Crippen molar-refractivity contribution >= 4 is 15.9 Å². The van der Waals surface area contributed by atoms with Crippen LogP contribution >= 0.6 is 15.9 Å². The average Bonchev–Trinajstić information content (AvgIpc) is 2.92. The molecule has 0 spiro atoms. The lowest BCUT2D eigenvalue weighted by Crippen LogP contribution is -2.25. The smallest absolute Gasteiger partial charge is 0.265 e. The second-order valence-corrected chi connectivity index (χ2v) is 7.94. The van der Waals surface area contributed by atoms with E-state index in [4.69, 9.17) is 4.98 Å². The van der Waals surface area contributed by atoms with Gasteiger partial charge in [-0.05, 0) is 47.0 Å². The predicted octanol–water partition coefficient (Wildman–Crippen LogP) is 3.73. The molecule has 0 aromatic carbocycles.